The highest BCUT2D eigenvalue weighted by molar-refractivity contribution is 5.37. The second kappa shape index (κ2) is 6.23. The van der Waals surface area contributed by atoms with Gasteiger partial charge in [-0.05, 0) is 42.5 Å². The molecule has 0 radical (unpaired) electrons. The molecule has 0 N–H and O–H groups in total. The predicted molar refractivity (Wildman–Crippen MR) is 68.8 cm³/mol. The van der Waals surface area contributed by atoms with E-state index in [1.165, 1.54) is 11.1 Å². The molecule has 0 fully saturated rings. The number of hydrogen-bond donors (Lipinski definition) is 0. The van der Waals surface area contributed by atoms with E-state index >= 15 is 0 Å². The van der Waals surface area contributed by atoms with Gasteiger partial charge in [0.15, 0.2) is 0 Å². The van der Waals surface area contributed by atoms with Gasteiger partial charge < -0.3 is 4.74 Å². The molecule has 1 aromatic carbocycles. The van der Waals surface area contributed by atoms with E-state index in [0.717, 1.165) is 25.2 Å². The summed E-state index contributed by atoms with van der Waals surface area (Å²) in [6, 6.07) is 6.26. The Morgan fingerprint density at radius 3 is 2.75 bits per heavy atom. The first-order valence-electron chi connectivity index (χ1n) is 5.85. The van der Waals surface area contributed by atoms with Crippen molar-refractivity contribution in [3.05, 3.63) is 29.3 Å². The van der Waals surface area contributed by atoms with Crippen LogP contribution in [0.25, 0.3) is 0 Å². The molecule has 1 heteroatoms. The summed E-state index contributed by atoms with van der Waals surface area (Å²) in [5, 5.41) is 0. The number of aryl methyl sites for hydroxylation is 1. The van der Waals surface area contributed by atoms with Gasteiger partial charge in [0.25, 0.3) is 0 Å². The Labute approximate surface area is 98.8 Å². The van der Waals surface area contributed by atoms with E-state index < -0.39 is 0 Å². The third kappa shape index (κ3) is 3.31. The Morgan fingerprint density at radius 2 is 2.19 bits per heavy atom. The van der Waals surface area contributed by atoms with Crippen molar-refractivity contribution in [2.45, 2.75) is 39.5 Å². The molecule has 0 aliphatic rings. The minimum atomic E-state index is 0.422. The van der Waals surface area contributed by atoms with Gasteiger partial charge in [0.2, 0.25) is 0 Å². The van der Waals surface area contributed by atoms with Gasteiger partial charge in [-0.2, -0.15) is 0 Å². The number of terminal acetylenes is 1. The molecule has 1 atom stereocenters. The molecular formula is C15H20O. The van der Waals surface area contributed by atoms with Gasteiger partial charge in [0.05, 0.1) is 6.61 Å². The topological polar surface area (TPSA) is 9.23 Å². The summed E-state index contributed by atoms with van der Waals surface area (Å²) in [4.78, 5) is 0. The summed E-state index contributed by atoms with van der Waals surface area (Å²) < 4.78 is 5.59. The van der Waals surface area contributed by atoms with Gasteiger partial charge in [0.1, 0.15) is 5.75 Å². The molecule has 0 heterocycles. The molecule has 0 spiro atoms. The van der Waals surface area contributed by atoms with E-state index in [1.807, 2.05) is 6.07 Å². The summed E-state index contributed by atoms with van der Waals surface area (Å²) in [5.41, 5.74) is 2.58. The van der Waals surface area contributed by atoms with Crippen LogP contribution in [-0.4, -0.2) is 6.61 Å². The van der Waals surface area contributed by atoms with Crippen molar-refractivity contribution in [2.24, 2.45) is 0 Å². The first-order chi connectivity index (χ1) is 7.69. The van der Waals surface area contributed by atoms with E-state index in [2.05, 4.69) is 38.8 Å². The van der Waals surface area contributed by atoms with Crippen molar-refractivity contribution in [1.29, 1.82) is 0 Å². The standard InChI is InChI=1S/C15H20O/c1-5-7-12(3)15-9-8-14(11-13(15)4)16-10-6-2/h1,8-9,11-12H,6-7,10H2,2-4H3. The monoisotopic (exact) mass is 216 g/mol. The van der Waals surface area contributed by atoms with Gasteiger partial charge in [-0.15, -0.1) is 12.3 Å². The highest BCUT2D eigenvalue weighted by atomic mass is 16.5. The van der Waals surface area contributed by atoms with E-state index in [4.69, 9.17) is 11.2 Å². The molecule has 0 amide bonds. The molecule has 16 heavy (non-hydrogen) atoms. The second-order valence-electron chi connectivity index (χ2n) is 4.18. The first-order valence-corrected chi connectivity index (χ1v) is 5.85. The lowest BCUT2D eigenvalue weighted by atomic mass is 9.94. The maximum absolute atomic E-state index is 5.59. The summed E-state index contributed by atoms with van der Waals surface area (Å²) in [5.74, 6) is 4.09. The van der Waals surface area contributed by atoms with E-state index in [0.29, 0.717) is 5.92 Å². The zero-order valence-electron chi connectivity index (χ0n) is 10.4. The maximum atomic E-state index is 5.59. The second-order valence-corrected chi connectivity index (χ2v) is 4.18. The quantitative estimate of drug-likeness (QED) is 0.678. The van der Waals surface area contributed by atoms with Crippen molar-refractivity contribution in [3.63, 3.8) is 0 Å². The van der Waals surface area contributed by atoms with Crippen LogP contribution in [0.15, 0.2) is 18.2 Å². The van der Waals surface area contributed by atoms with E-state index in [1.54, 1.807) is 0 Å². The van der Waals surface area contributed by atoms with Crippen LogP contribution < -0.4 is 4.74 Å². The van der Waals surface area contributed by atoms with Crippen LogP contribution >= 0.6 is 0 Å². The Bertz CT molecular complexity index is 374. The van der Waals surface area contributed by atoms with Gasteiger partial charge in [-0.1, -0.05) is 19.9 Å². The summed E-state index contributed by atoms with van der Waals surface area (Å²) >= 11 is 0. The molecule has 0 saturated heterocycles. The molecule has 86 valence electrons. The lowest BCUT2D eigenvalue weighted by molar-refractivity contribution is 0.317. The highest BCUT2D eigenvalue weighted by Crippen LogP contribution is 2.25. The van der Waals surface area contributed by atoms with Gasteiger partial charge in [-0.3, -0.25) is 0 Å². The average Bonchev–Trinajstić information content (AvgIpc) is 2.26. The number of hydrogen-bond acceptors (Lipinski definition) is 1. The molecule has 1 unspecified atom stereocenters. The van der Waals surface area contributed by atoms with Crippen molar-refractivity contribution < 1.29 is 4.74 Å². The van der Waals surface area contributed by atoms with Gasteiger partial charge >= 0.3 is 0 Å². The fraction of sp³-hybridized carbons (Fsp3) is 0.467. The normalized spacial score (nSPS) is 11.9. The third-order valence-electron chi connectivity index (χ3n) is 2.67. The van der Waals surface area contributed by atoms with Crippen molar-refractivity contribution in [3.8, 4) is 18.1 Å². The van der Waals surface area contributed by atoms with Crippen molar-refractivity contribution in [2.75, 3.05) is 6.61 Å². The van der Waals surface area contributed by atoms with Crippen LogP contribution in [0.2, 0.25) is 0 Å². The van der Waals surface area contributed by atoms with Crippen LogP contribution in [0, 0.1) is 19.3 Å². The molecule has 1 nitrogen and oxygen atoms in total. The minimum Gasteiger partial charge on any atom is -0.494 e. The lowest BCUT2D eigenvalue weighted by Crippen LogP contribution is -1.99. The Hall–Kier alpha value is -1.42. The van der Waals surface area contributed by atoms with Crippen LogP contribution in [0.5, 0.6) is 5.75 Å². The van der Waals surface area contributed by atoms with Crippen LogP contribution in [0.1, 0.15) is 43.7 Å². The molecule has 0 bridgehead atoms. The molecular weight excluding hydrogens is 196 g/mol. The van der Waals surface area contributed by atoms with Crippen LogP contribution in [-0.2, 0) is 0 Å². The molecule has 0 saturated carbocycles. The fourth-order valence-corrected chi connectivity index (χ4v) is 1.80. The fourth-order valence-electron chi connectivity index (χ4n) is 1.80. The smallest absolute Gasteiger partial charge is 0.119 e. The van der Waals surface area contributed by atoms with Crippen LogP contribution in [0.4, 0.5) is 0 Å². The highest BCUT2D eigenvalue weighted by Gasteiger charge is 2.07. The average molecular weight is 216 g/mol. The maximum Gasteiger partial charge on any atom is 0.119 e. The van der Waals surface area contributed by atoms with E-state index in [-0.39, 0.29) is 0 Å². The lowest BCUT2D eigenvalue weighted by Gasteiger charge is -2.13. The van der Waals surface area contributed by atoms with Crippen LogP contribution in [0.3, 0.4) is 0 Å². The Kier molecular flexibility index (Phi) is 4.92. The Morgan fingerprint density at radius 1 is 1.44 bits per heavy atom. The molecule has 0 aliphatic carbocycles. The summed E-state index contributed by atoms with van der Waals surface area (Å²) in [7, 11) is 0. The van der Waals surface area contributed by atoms with Crippen molar-refractivity contribution in [1.82, 2.24) is 0 Å². The third-order valence-corrected chi connectivity index (χ3v) is 2.67. The SMILES string of the molecule is C#CCC(C)c1ccc(OCCC)cc1C. The molecule has 0 aromatic heterocycles. The molecule has 1 aromatic rings. The largest absolute Gasteiger partial charge is 0.494 e. The molecule has 1 rings (SSSR count). The number of rotatable bonds is 5. The van der Waals surface area contributed by atoms with Gasteiger partial charge in [-0.25, -0.2) is 0 Å². The Balaban J connectivity index is 2.79. The van der Waals surface area contributed by atoms with E-state index in [9.17, 15) is 0 Å². The van der Waals surface area contributed by atoms with Gasteiger partial charge in [0, 0.05) is 6.42 Å². The minimum absolute atomic E-state index is 0.422. The molecule has 0 aliphatic heterocycles. The van der Waals surface area contributed by atoms with Crippen molar-refractivity contribution >= 4 is 0 Å². The first kappa shape index (κ1) is 12.6. The zero-order valence-corrected chi connectivity index (χ0v) is 10.4. The summed E-state index contributed by atoms with van der Waals surface area (Å²) in [6.45, 7) is 7.16. The zero-order chi connectivity index (χ0) is 12.0. The number of benzene rings is 1. The number of ether oxygens (including phenoxy) is 1. The summed E-state index contributed by atoms with van der Waals surface area (Å²) in [6.07, 6.45) is 7.16. The predicted octanol–water partition coefficient (Wildman–Crippen LogP) is 3.91.